The Balaban J connectivity index is 2.57. The normalized spacial score (nSPS) is 18.3. The van der Waals surface area contributed by atoms with Gasteiger partial charge in [-0.05, 0) is 30.9 Å². The Kier molecular flexibility index (Phi) is 2.28. The summed E-state index contributed by atoms with van der Waals surface area (Å²) in [5.74, 6) is -2.37. The Bertz CT molecular complexity index is 397. The van der Waals surface area contributed by atoms with Gasteiger partial charge in [0.05, 0.1) is 0 Å². The van der Waals surface area contributed by atoms with Crippen molar-refractivity contribution in [1.29, 1.82) is 0 Å². The lowest BCUT2D eigenvalue weighted by molar-refractivity contribution is -0.00273. The van der Waals surface area contributed by atoms with Gasteiger partial charge in [-0.1, -0.05) is 13.8 Å². The zero-order valence-electron chi connectivity index (χ0n) is 9.27. The number of rotatable bonds is 1. The fraction of sp³-hybridized carbons (Fsp3) is 0.583. The van der Waals surface area contributed by atoms with Gasteiger partial charge in [0.15, 0.2) is 0 Å². The van der Waals surface area contributed by atoms with E-state index in [2.05, 4.69) is 4.98 Å². The van der Waals surface area contributed by atoms with Crippen molar-refractivity contribution in [3.63, 3.8) is 0 Å². The number of fused-ring (bicyclic) bond motifs is 1. The van der Waals surface area contributed by atoms with Crippen LogP contribution in [-0.2, 0) is 12.3 Å². The summed E-state index contributed by atoms with van der Waals surface area (Å²) in [7, 11) is 0. The Hall–Kier alpha value is -0.990. The molecule has 1 aliphatic carbocycles. The summed E-state index contributed by atoms with van der Waals surface area (Å²) in [6, 6.07) is 1.84. The van der Waals surface area contributed by atoms with Gasteiger partial charge in [-0.3, -0.25) is 4.98 Å². The highest BCUT2D eigenvalue weighted by molar-refractivity contribution is 5.40. The maximum atomic E-state index is 13.5. The molecule has 1 aliphatic rings. The molecule has 1 heterocycles. The summed E-state index contributed by atoms with van der Waals surface area (Å²) in [4.78, 5) is 4.26. The fourth-order valence-electron chi connectivity index (χ4n) is 2.17. The van der Waals surface area contributed by atoms with E-state index in [0.29, 0.717) is 18.0 Å². The molecule has 1 aromatic rings. The third-order valence-electron chi connectivity index (χ3n) is 2.97. The SMILES string of the molecule is Cc1nc(C(C)C)cc2c1C(F)(F)CC2. The Labute approximate surface area is 88.5 Å². The molecule has 0 amide bonds. The summed E-state index contributed by atoms with van der Waals surface area (Å²) >= 11 is 0. The van der Waals surface area contributed by atoms with Crippen LogP contribution in [0.15, 0.2) is 6.07 Å². The van der Waals surface area contributed by atoms with Crippen LogP contribution in [0.1, 0.15) is 48.7 Å². The second kappa shape index (κ2) is 3.26. The summed E-state index contributed by atoms with van der Waals surface area (Å²) in [5, 5.41) is 0. The van der Waals surface area contributed by atoms with Gasteiger partial charge >= 0.3 is 0 Å². The van der Waals surface area contributed by atoms with Gasteiger partial charge in [-0.2, -0.15) is 0 Å². The zero-order valence-corrected chi connectivity index (χ0v) is 9.27. The molecule has 82 valence electrons. The molecule has 0 aromatic carbocycles. The van der Waals surface area contributed by atoms with E-state index >= 15 is 0 Å². The first-order valence-corrected chi connectivity index (χ1v) is 5.30. The molecule has 15 heavy (non-hydrogen) atoms. The molecule has 0 atom stereocenters. The van der Waals surface area contributed by atoms with E-state index < -0.39 is 5.92 Å². The van der Waals surface area contributed by atoms with Crippen molar-refractivity contribution >= 4 is 0 Å². The van der Waals surface area contributed by atoms with Gasteiger partial charge < -0.3 is 0 Å². The van der Waals surface area contributed by atoms with Gasteiger partial charge in [0.1, 0.15) is 0 Å². The molecular formula is C12H15F2N. The standard InChI is InChI=1S/C12H15F2N/c1-7(2)10-6-9-4-5-12(13,14)11(9)8(3)15-10/h6-7H,4-5H2,1-3H3. The third-order valence-corrected chi connectivity index (χ3v) is 2.97. The lowest BCUT2D eigenvalue weighted by Gasteiger charge is -2.14. The van der Waals surface area contributed by atoms with Crippen molar-refractivity contribution in [2.24, 2.45) is 0 Å². The van der Waals surface area contributed by atoms with E-state index in [-0.39, 0.29) is 12.0 Å². The average molecular weight is 211 g/mol. The van der Waals surface area contributed by atoms with Crippen LogP contribution in [0.4, 0.5) is 8.78 Å². The van der Waals surface area contributed by atoms with Crippen LogP contribution in [0.5, 0.6) is 0 Å². The molecule has 3 heteroatoms. The van der Waals surface area contributed by atoms with E-state index in [0.717, 1.165) is 11.3 Å². The maximum Gasteiger partial charge on any atom is 0.275 e. The predicted octanol–water partition coefficient (Wildman–Crippen LogP) is 3.55. The van der Waals surface area contributed by atoms with Crippen LogP contribution in [0.2, 0.25) is 0 Å². The predicted molar refractivity (Wildman–Crippen MR) is 55.3 cm³/mol. The molecule has 0 spiro atoms. The topological polar surface area (TPSA) is 12.9 Å². The third kappa shape index (κ3) is 1.64. The first-order valence-electron chi connectivity index (χ1n) is 5.30. The number of alkyl halides is 2. The van der Waals surface area contributed by atoms with Crippen LogP contribution in [-0.4, -0.2) is 4.98 Å². The van der Waals surface area contributed by atoms with Gasteiger partial charge in [0, 0.05) is 23.4 Å². The van der Waals surface area contributed by atoms with Crippen LogP contribution >= 0.6 is 0 Å². The maximum absolute atomic E-state index is 13.5. The van der Waals surface area contributed by atoms with Crippen LogP contribution in [0.3, 0.4) is 0 Å². The monoisotopic (exact) mass is 211 g/mol. The molecule has 0 radical (unpaired) electrons. The molecule has 0 fully saturated rings. The quantitative estimate of drug-likeness (QED) is 0.692. The summed E-state index contributed by atoms with van der Waals surface area (Å²) in [6.07, 6.45) is 0.414. The molecule has 0 aliphatic heterocycles. The molecule has 0 N–H and O–H groups in total. The van der Waals surface area contributed by atoms with Crippen LogP contribution in [0, 0.1) is 6.92 Å². The fourth-order valence-corrected chi connectivity index (χ4v) is 2.17. The first-order chi connectivity index (χ1) is 6.92. The molecule has 0 unspecified atom stereocenters. The molecular weight excluding hydrogens is 196 g/mol. The van der Waals surface area contributed by atoms with Gasteiger partial charge in [-0.15, -0.1) is 0 Å². The van der Waals surface area contributed by atoms with Crippen LogP contribution in [0.25, 0.3) is 0 Å². The van der Waals surface area contributed by atoms with Crippen LogP contribution < -0.4 is 0 Å². The van der Waals surface area contributed by atoms with Crippen molar-refractivity contribution in [3.8, 4) is 0 Å². The number of halogens is 2. The molecule has 1 aromatic heterocycles. The number of nitrogens with zero attached hydrogens (tertiary/aromatic N) is 1. The summed E-state index contributed by atoms with van der Waals surface area (Å²) in [6.45, 7) is 5.74. The molecule has 0 saturated carbocycles. The number of pyridine rings is 1. The van der Waals surface area contributed by atoms with E-state index in [4.69, 9.17) is 0 Å². The Morgan fingerprint density at radius 3 is 2.67 bits per heavy atom. The Morgan fingerprint density at radius 2 is 2.07 bits per heavy atom. The van der Waals surface area contributed by atoms with Crippen molar-refractivity contribution in [3.05, 3.63) is 28.6 Å². The number of hydrogen-bond donors (Lipinski definition) is 0. The second-order valence-electron chi connectivity index (χ2n) is 4.53. The van der Waals surface area contributed by atoms with E-state index in [9.17, 15) is 8.78 Å². The summed E-state index contributed by atoms with van der Waals surface area (Å²) in [5.41, 5.74) is 2.38. The summed E-state index contributed by atoms with van der Waals surface area (Å²) < 4.78 is 27.0. The van der Waals surface area contributed by atoms with Gasteiger partial charge in [0.25, 0.3) is 5.92 Å². The molecule has 1 nitrogen and oxygen atoms in total. The minimum atomic E-state index is -2.66. The highest BCUT2D eigenvalue weighted by Crippen LogP contribution is 2.43. The highest BCUT2D eigenvalue weighted by Gasteiger charge is 2.41. The smallest absolute Gasteiger partial charge is 0.257 e. The molecule has 0 saturated heterocycles. The van der Waals surface area contributed by atoms with Gasteiger partial charge in [-0.25, -0.2) is 8.78 Å². The van der Waals surface area contributed by atoms with Crippen molar-refractivity contribution in [2.45, 2.75) is 45.5 Å². The largest absolute Gasteiger partial charge is 0.275 e. The van der Waals surface area contributed by atoms with E-state index in [1.165, 1.54) is 0 Å². The lowest BCUT2D eigenvalue weighted by atomic mass is 10.0. The number of aryl methyl sites for hydroxylation is 2. The lowest BCUT2D eigenvalue weighted by Crippen LogP contribution is -2.11. The minimum Gasteiger partial charge on any atom is -0.257 e. The molecule has 2 rings (SSSR count). The highest BCUT2D eigenvalue weighted by atomic mass is 19.3. The van der Waals surface area contributed by atoms with Crippen molar-refractivity contribution < 1.29 is 8.78 Å². The Morgan fingerprint density at radius 1 is 1.40 bits per heavy atom. The van der Waals surface area contributed by atoms with E-state index in [1.807, 2.05) is 19.9 Å². The van der Waals surface area contributed by atoms with Gasteiger partial charge in [0.2, 0.25) is 0 Å². The minimum absolute atomic E-state index is 0.0631. The average Bonchev–Trinajstić information content (AvgIpc) is 2.42. The number of aromatic nitrogens is 1. The second-order valence-corrected chi connectivity index (χ2v) is 4.53. The molecule has 0 bridgehead atoms. The van der Waals surface area contributed by atoms with Crippen molar-refractivity contribution in [2.75, 3.05) is 0 Å². The number of hydrogen-bond acceptors (Lipinski definition) is 1. The first kappa shape index (κ1) is 10.5. The zero-order chi connectivity index (χ0) is 11.2. The van der Waals surface area contributed by atoms with Crippen molar-refractivity contribution in [1.82, 2.24) is 4.98 Å². The van der Waals surface area contributed by atoms with E-state index in [1.54, 1.807) is 6.92 Å².